The molecule has 0 aliphatic carbocycles. The summed E-state index contributed by atoms with van der Waals surface area (Å²) in [4.78, 5) is 13.3. The molecule has 1 atom stereocenters. The first-order chi connectivity index (χ1) is 10.5. The maximum absolute atomic E-state index is 13.4. The number of halogens is 1. The molecule has 1 N–H and O–H groups in total. The number of hydrogen-bond acceptors (Lipinski definition) is 4. The molecule has 2 rings (SSSR count). The molecule has 1 saturated heterocycles. The van der Waals surface area contributed by atoms with E-state index in [1.807, 2.05) is 0 Å². The van der Waals surface area contributed by atoms with Crippen molar-refractivity contribution in [1.29, 1.82) is 0 Å². The van der Waals surface area contributed by atoms with Gasteiger partial charge in [0, 0.05) is 6.07 Å². The summed E-state index contributed by atoms with van der Waals surface area (Å²) in [5.74, 6) is -1.21. The maximum Gasteiger partial charge on any atom is 0.414 e. The van der Waals surface area contributed by atoms with Crippen LogP contribution in [0.3, 0.4) is 0 Å². The van der Waals surface area contributed by atoms with Gasteiger partial charge in [-0.25, -0.2) is 9.18 Å². The molecule has 1 aromatic carbocycles. The Morgan fingerprint density at radius 3 is 2.65 bits per heavy atom. The number of ether oxygens (including phenoxy) is 1. The fourth-order valence-corrected chi connectivity index (χ4v) is 3.04. The normalized spacial score (nSPS) is 19.1. The largest absolute Gasteiger partial charge is 0.505 e. The molecule has 1 aliphatic heterocycles. The number of amides is 1. The third-order valence-corrected chi connectivity index (χ3v) is 9.05. The van der Waals surface area contributed by atoms with Crippen LogP contribution in [0.25, 0.3) is 0 Å². The molecule has 1 aromatic rings. The third-order valence-electron chi connectivity index (χ3n) is 4.55. The predicted octanol–water partition coefficient (Wildman–Crippen LogP) is 3.88. The number of rotatable bonds is 4. The molecular weight excluding hydrogens is 317 g/mol. The van der Waals surface area contributed by atoms with Crippen molar-refractivity contribution in [1.82, 2.24) is 0 Å². The van der Waals surface area contributed by atoms with Crippen molar-refractivity contribution in [2.45, 2.75) is 45.0 Å². The minimum Gasteiger partial charge on any atom is -0.505 e. The number of nitrogens with zero attached hydrogens (tertiary/aromatic N) is 1. The Morgan fingerprint density at radius 2 is 2.09 bits per heavy atom. The van der Waals surface area contributed by atoms with Crippen LogP contribution >= 0.6 is 0 Å². The van der Waals surface area contributed by atoms with E-state index in [4.69, 9.17) is 9.16 Å². The van der Waals surface area contributed by atoms with Crippen molar-refractivity contribution < 1.29 is 23.5 Å². The summed E-state index contributed by atoms with van der Waals surface area (Å²) in [6.07, 6.45) is -0.910. The van der Waals surface area contributed by atoms with E-state index in [0.717, 1.165) is 6.07 Å². The van der Waals surface area contributed by atoms with Crippen LogP contribution in [-0.2, 0) is 9.16 Å². The zero-order valence-corrected chi connectivity index (χ0v) is 15.2. The maximum atomic E-state index is 13.4. The van der Waals surface area contributed by atoms with Crippen LogP contribution in [0.1, 0.15) is 20.8 Å². The second-order valence-corrected chi connectivity index (χ2v) is 12.1. The number of anilines is 1. The molecule has 1 amide bonds. The molecule has 1 aliphatic rings. The van der Waals surface area contributed by atoms with Crippen molar-refractivity contribution in [3.8, 4) is 5.75 Å². The number of benzene rings is 1. The topological polar surface area (TPSA) is 59.0 Å². The summed E-state index contributed by atoms with van der Waals surface area (Å²) in [5.41, 5.74) is 0.361. The fraction of sp³-hybridized carbons (Fsp3) is 0.562. The molecule has 0 spiro atoms. The summed E-state index contributed by atoms with van der Waals surface area (Å²) in [6.45, 7) is 11.3. The lowest BCUT2D eigenvalue weighted by molar-refractivity contribution is 0.0997. The number of phenolic OH excluding ortho intramolecular Hbond substituents is 1. The highest BCUT2D eigenvalue weighted by Crippen LogP contribution is 2.37. The van der Waals surface area contributed by atoms with Gasteiger partial charge in [-0.2, -0.15) is 0 Å². The lowest BCUT2D eigenvalue weighted by Gasteiger charge is -2.36. The van der Waals surface area contributed by atoms with Gasteiger partial charge in [-0.3, -0.25) is 4.90 Å². The Kier molecular flexibility index (Phi) is 4.73. The Morgan fingerprint density at radius 1 is 1.43 bits per heavy atom. The smallest absolute Gasteiger partial charge is 0.414 e. The van der Waals surface area contributed by atoms with Gasteiger partial charge >= 0.3 is 6.09 Å². The number of phenols is 1. The molecule has 1 fully saturated rings. The highest BCUT2D eigenvalue weighted by Gasteiger charge is 2.40. The van der Waals surface area contributed by atoms with Gasteiger partial charge in [-0.05, 0) is 30.3 Å². The molecule has 0 unspecified atom stereocenters. The van der Waals surface area contributed by atoms with E-state index in [-0.39, 0.29) is 11.1 Å². The minimum absolute atomic E-state index is 0.0788. The van der Waals surface area contributed by atoms with Crippen LogP contribution in [0.4, 0.5) is 14.9 Å². The molecule has 5 nitrogen and oxygen atoms in total. The van der Waals surface area contributed by atoms with Crippen molar-refractivity contribution in [2.24, 2.45) is 0 Å². The molecule has 0 bridgehead atoms. The van der Waals surface area contributed by atoms with Crippen molar-refractivity contribution >= 4 is 20.1 Å². The number of aromatic hydroxyl groups is 1. The fourth-order valence-electron chi connectivity index (χ4n) is 2.00. The van der Waals surface area contributed by atoms with E-state index in [1.165, 1.54) is 17.0 Å². The first-order valence-electron chi connectivity index (χ1n) is 7.62. The van der Waals surface area contributed by atoms with Crippen LogP contribution in [0.5, 0.6) is 5.75 Å². The summed E-state index contributed by atoms with van der Waals surface area (Å²) >= 11 is 0. The van der Waals surface area contributed by atoms with Gasteiger partial charge in [0.25, 0.3) is 0 Å². The molecule has 1 heterocycles. The lowest BCUT2D eigenvalue weighted by Crippen LogP contribution is -2.43. The van der Waals surface area contributed by atoms with E-state index in [2.05, 4.69) is 33.9 Å². The molecule has 7 heteroatoms. The summed E-state index contributed by atoms with van der Waals surface area (Å²) in [5, 5.41) is 9.31. The van der Waals surface area contributed by atoms with E-state index < -0.39 is 26.0 Å². The highest BCUT2D eigenvalue weighted by molar-refractivity contribution is 6.74. The minimum atomic E-state index is -1.92. The SMILES string of the molecule is CC(C)(C)[Si](C)(C)OC[C@H]1CN(c2ccc(O)c(F)c2)C(=O)O1. The van der Waals surface area contributed by atoms with E-state index >= 15 is 0 Å². The van der Waals surface area contributed by atoms with Gasteiger partial charge in [-0.15, -0.1) is 0 Å². The number of carbonyl (C=O) groups is 1. The first kappa shape index (κ1) is 17.7. The van der Waals surface area contributed by atoms with Gasteiger partial charge in [0.2, 0.25) is 0 Å². The van der Waals surface area contributed by atoms with E-state index in [0.29, 0.717) is 18.8 Å². The van der Waals surface area contributed by atoms with Crippen LogP contribution in [0.15, 0.2) is 18.2 Å². The van der Waals surface area contributed by atoms with Crippen molar-refractivity contribution in [3.63, 3.8) is 0 Å². The number of cyclic esters (lactones) is 1. The lowest BCUT2D eigenvalue weighted by atomic mass is 10.2. The Hall–Kier alpha value is -1.60. The first-order valence-corrected chi connectivity index (χ1v) is 10.5. The average Bonchev–Trinajstić information content (AvgIpc) is 2.80. The van der Waals surface area contributed by atoms with Gasteiger partial charge < -0.3 is 14.3 Å². The molecule has 128 valence electrons. The molecule has 0 aromatic heterocycles. The molecule has 23 heavy (non-hydrogen) atoms. The highest BCUT2D eigenvalue weighted by atomic mass is 28.4. The predicted molar refractivity (Wildman–Crippen MR) is 88.8 cm³/mol. The van der Waals surface area contributed by atoms with Gasteiger partial charge in [0.1, 0.15) is 6.10 Å². The van der Waals surface area contributed by atoms with Crippen LogP contribution in [0, 0.1) is 5.82 Å². The summed E-state index contributed by atoms with van der Waals surface area (Å²) in [7, 11) is -1.92. The van der Waals surface area contributed by atoms with Gasteiger partial charge in [0.15, 0.2) is 19.9 Å². The zero-order valence-electron chi connectivity index (χ0n) is 14.2. The van der Waals surface area contributed by atoms with E-state index in [1.54, 1.807) is 0 Å². The summed E-state index contributed by atoms with van der Waals surface area (Å²) in [6, 6.07) is 3.82. The third kappa shape index (κ3) is 3.84. The molecule has 0 saturated carbocycles. The number of hydrogen-bond donors (Lipinski definition) is 1. The van der Waals surface area contributed by atoms with Crippen molar-refractivity contribution in [2.75, 3.05) is 18.1 Å². The Bertz CT molecular complexity index is 600. The van der Waals surface area contributed by atoms with E-state index in [9.17, 15) is 14.3 Å². The van der Waals surface area contributed by atoms with Crippen LogP contribution in [0.2, 0.25) is 18.1 Å². The standard InChI is InChI=1S/C16H24FNO4Si/c1-16(2,3)23(4,5)21-10-12-9-18(15(20)22-12)11-6-7-14(19)13(17)8-11/h6-8,12,19H,9-10H2,1-5H3/t12-/m1/s1. The Labute approximate surface area is 137 Å². The van der Waals surface area contributed by atoms with Gasteiger partial charge in [-0.1, -0.05) is 20.8 Å². The second kappa shape index (κ2) is 6.12. The van der Waals surface area contributed by atoms with Crippen LogP contribution < -0.4 is 4.90 Å². The van der Waals surface area contributed by atoms with Crippen molar-refractivity contribution in [3.05, 3.63) is 24.0 Å². The molecule has 0 radical (unpaired) electrons. The zero-order chi connectivity index (χ0) is 17.4. The second-order valence-electron chi connectivity index (χ2n) is 7.32. The Balaban J connectivity index is 2.01. The quantitative estimate of drug-likeness (QED) is 0.845. The van der Waals surface area contributed by atoms with Crippen LogP contribution in [-0.4, -0.2) is 38.8 Å². The average molecular weight is 341 g/mol. The summed E-state index contributed by atoms with van der Waals surface area (Å²) < 4.78 is 24.8. The number of carbonyl (C=O) groups excluding carboxylic acids is 1. The monoisotopic (exact) mass is 341 g/mol. The van der Waals surface area contributed by atoms with Gasteiger partial charge in [0.05, 0.1) is 18.8 Å². The molecular formula is C16H24FNO4Si.